The van der Waals surface area contributed by atoms with Crippen molar-refractivity contribution in [2.75, 3.05) is 5.32 Å². The molecule has 0 aliphatic carbocycles. The number of nitrogens with one attached hydrogen (secondary N) is 1. The van der Waals surface area contributed by atoms with E-state index in [2.05, 4.69) is 31.3 Å². The first-order chi connectivity index (χ1) is 12.6. The third-order valence-electron chi connectivity index (χ3n) is 4.41. The zero-order chi connectivity index (χ0) is 18.1. The molecule has 0 radical (unpaired) electrons. The van der Waals surface area contributed by atoms with Crippen molar-refractivity contribution in [1.29, 1.82) is 0 Å². The smallest absolute Gasteiger partial charge is 0.146 e. The number of rotatable bonds is 4. The Hall–Kier alpha value is -2.79. The van der Waals surface area contributed by atoms with Gasteiger partial charge in [0.05, 0.1) is 11.1 Å². The van der Waals surface area contributed by atoms with Gasteiger partial charge in [0.15, 0.2) is 0 Å². The molecule has 2 aromatic heterocycles. The Morgan fingerprint density at radius 3 is 2.46 bits per heavy atom. The SMILES string of the molecule is Cc1sc2nc(Cc3ccccc3)nc(Nc3ccccc3F)c2c1C. The van der Waals surface area contributed by atoms with Crippen LogP contribution >= 0.6 is 11.3 Å². The second-order valence-corrected chi connectivity index (χ2v) is 7.42. The summed E-state index contributed by atoms with van der Waals surface area (Å²) in [6.45, 7) is 4.13. The van der Waals surface area contributed by atoms with Gasteiger partial charge in [-0.15, -0.1) is 11.3 Å². The van der Waals surface area contributed by atoms with Crippen molar-refractivity contribution < 1.29 is 4.39 Å². The summed E-state index contributed by atoms with van der Waals surface area (Å²) in [5, 5.41) is 4.14. The number of anilines is 2. The van der Waals surface area contributed by atoms with Gasteiger partial charge >= 0.3 is 0 Å². The maximum atomic E-state index is 14.1. The van der Waals surface area contributed by atoms with Crippen LogP contribution in [0.4, 0.5) is 15.9 Å². The van der Waals surface area contributed by atoms with Gasteiger partial charge in [-0.2, -0.15) is 0 Å². The minimum atomic E-state index is -0.298. The van der Waals surface area contributed by atoms with Crippen LogP contribution in [0, 0.1) is 19.7 Å². The summed E-state index contributed by atoms with van der Waals surface area (Å²) < 4.78 is 14.1. The van der Waals surface area contributed by atoms with E-state index >= 15 is 0 Å². The van der Waals surface area contributed by atoms with E-state index in [1.165, 1.54) is 10.9 Å². The van der Waals surface area contributed by atoms with Gasteiger partial charge in [0.25, 0.3) is 0 Å². The third kappa shape index (κ3) is 3.18. The summed E-state index contributed by atoms with van der Waals surface area (Å²) in [6.07, 6.45) is 0.638. The van der Waals surface area contributed by atoms with Crippen molar-refractivity contribution in [3.63, 3.8) is 0 Å². The van der Waals surface area contributed by atoms with Gasteiger partial charge in [-0.3, -0.25) is 0 Å². The highest BCUT2D eigenvalue weighted by Crippen LogP contribution is 2.35. The Labute approximate surface area is 155 Å². The molecule has 26 heavy (non-hydrogen) atoms. The highest BCUT2D eigenvalue weighted by atomic mass is 32.1. The zero-order valence-corrected chi connectivity index (χ0v) is 15.4. The predicted molar refractivity (Wildman–Crippen MR) is 106 cm³/mol. The van der Waals surface area contributed by atoms with E-state index in [1.807, 2.05) is 18.2 Å². The number of thiophene rings is 1. The van der Waals surface area contributed by atoms with Crippen LogP contribution in [0.2, 0.25) is 0 Å². The summed E-state index contributed by atoms with van der Waals surface area (Å²) in [6, 6.07) is 16.8. The maximum absolute atomic E-state index is 14.1. The molecule has 0 aliphatic heterocycles. The summed E-state index contributed by atoms with van der Waals surface area (Å²) in [4.78, 5) is 11.6. The molecule has 2 aromatic carbocycles. The molecule has 4 rings (SSSR count). The van der Waals surface area contributed by atoms with Crippen molar-refractivity contribution >= 4 is 33.1 Å². The first-order valence-corrected chi connectivity index (χ1v) is 9.25. The second kappa shape index (κ2) is 6.84. The predicted octanol–water partition coefficient (Wildman–Crippen LogP) is 5.78. The monoisotopic (exact) mass is 363 g/mol. The lowest BCUT2D eigenvalue weighted by atomic mass is 10.1. The standard InChI is InChI=1S/C21H18FN3S/c1-13-14(2)26-21-19(13)20(23-17-11-7-6-10-16(17)22)24-18(25-21)12-15-8-4-3-5-9-15/h3-11H,12H2,1-2H3,(H,23,24,25). The lowest BCUT2D eigenvalue weighted by Gasteiger charge is -2.10. The first kappa shape index (κ1) is 16.7. The third-order valence-corrected chi connectivity index (χ3v) is 5.51. The highest BCUT2D eigenvalue weighted by Gasteiger charge is 2.16. The fraction of sp³-hybridized carbons (Fsp3) is 0.143. The van der Waals surface area contributed by atoms with Crippen LogP contribution in [-0.4, -0.2) is 9.97 Å². The highest BCUT2D eigenvalue weighted by molar-refractivity contribution is 7.18. The molecule has 0 aliphatic rings. The van der Waals surface area contributed by atoms with E-state index in [-0.39, 0.29) is 5.82 Å². The Morgan fingerprint density at radius 2 is 1.69 bits per heavy atom. The molecule has 0 amide bonds. The van der Waals surface area contributed by atoms with Crippen LogP contribution < -0.4 is 5.32 Å². The first-order valence-electron chi connectivity index (χ1n) is 8.44. The summed E-state index contributed by atoms with van der Waals surface area (Å²) in [7, 11) is 0. The molecule has 0 bridgehead atoms. The van der Waals surface area contributed by atoms with Crippen LogP contribution in [-0.2, 0) is 6.42 Å². The van der Waals surface area contributed by atoms with Crippen molar-refractivity contribution in [3.05, 3.63) is 82.2 Å². The number of hydrogen-bond acceptors (Lipinski definition) is 4. The number of hydrogen-bond donors (Lipinski definition) is 1. The molecule has 4 aromatic rings. The Balaban J connectivity index is 1.82. The maximum Gasteiger partial charge on any atom is 0.146 e. The molecule has 0 saturated heterocycles. The van der Waals surface area contributed by atoms with Crippen molar-refractivity contribution in [2.45, 2.75) is 20.3 Å². The van der Waals surface area contributed by atoms with Gasteiger partial charge < -0.3 is 5.32 Å². The van der Waals surface area contributed by atoms with Crippen LogP contribution in [0.1, 0.15) is 21.8 Å². The molecule has 1 N–H and O–H groups in total. The average Bonchev–Trinajstić information content (AvgIpc) is 2.92. The number of benzene rings is 2. The Kier molecular flexibility index (Phi) is 4.39. The molecule has 5 heteroatoms. The lowest BCUT2D eigenvalue weighted by Crippen LogP contribution is -2.03. The van der Waals surface area contributed by atoms with Crippen molar-refractivity contribution in [3.8, 4) is 0 Å². The molecule has 3 nitrogen and oxygen atoms in total. The minimum Gasteiger partial charge on any atom is -0.337 e. The molecule has 0 saturated carbocycles. The van der Waals surface area contributed by atoms with E-state index in [1.54, 1.807) is 29.5 Å². The van der Waals surface area contributed by atoms with Gasteiger partial charge in [-0.05, 0) is 37.1 Å². The molecule has 0 atom stereocenters. The normalized spacial score (nSPS) is 11.0. The number of para-hydroxylation sites is 1. The van der Waals surface area contributed by atoms with Crippen LogP contribution in [0.5, 0.6) is 0 Å². The molecule has 2 heterocycles. The molecular formula is C21H18FN3S. The molecule has 0 fully saturated rings. The quantitative estimate of drug-likeness (QED) is 0.499. The number of aromatic nitrogens is 2. The average molecular weight is 363 g/mol. The molecule has 0 spiro atoms. The molecule has 130 valence electrons. The van der Waals surface area contributed by atoms with Gasteiger partial charge in [-0.25, -0.2) is 14.4 Å². The number of nitrogens with zero attached hydrogens (tertiary/aromatic N) is 2. The summed E-state index contributed by atoms with van der Waals surface area (Å²) >= 11 is 1.65. The van der Waals surface area contributed by atoms with E-state index in [9.17, 15) is 4.39 Å². The second-order valence-electron chi connectivity index (χ2n) is 6.22. The van der Waals surface area contributed by atoms with E-state index in [0.717, 1.165) is 27.2 Å². The zero-order valence-electron chi connectivity index (χ0n) is 14.6. The van der Waals surface area contributed by atoms with Crippen LogP contribution in [0.25, 0.3) is 10.2 Å². The molecular weight excluding hydrogens is 345 g/mol. The van der Waals surface area contributed by atoms with Crippen LogP contribution in [0.15, 0.2) is 54.6 Å². The van der Waals surface area contributed by atoms with Gasteiger partial charge in [0.2, 0.25) is 0 Å². The van der Waals surface area contributed by atoms with Crippen molar-refractivity contribution in [1.82, 2.24) is 9.97 Å². The Morgan fingerprint density at radius 1 is 0.962 bits per heavy atom. The minimum absolute atomic E-state index is 0.298. The fourth-order valence-electron chi connectivity index (χ4n) is 2.93. The Bertz CT molecular complexity index is 1070. The van der Waals surface area contributed by atoms with E-state index in [0.29, 0.717) is 17.9 Å². The van der Waals surface area contributed by atoms with E-state index in [4.69, 9.17) is 9.97 Å². The molecule has 0 unspecified atom stereocenters. The van der Waals surface area contributed by atoms with E-state index < -0.39 is 0 Å². The fourth-order valence-corrected chi connectivity index (χ4v) is 3.98. The number of halogens is 1. The van der Waals surface area contributed by atoms with Gasteiger partial charge in [0.1, 0.15) is 22.3 Å². The summed E-state index contributed by atoms with van der Waals surface area (Å²) in [5.41, 5.74) is 2.70. The van der Waals surface area contributed by atoms with Crippen LogP contribution in [0.3, 0.4) is 0 Å². The lowest BCUT2D eigenvalue weighted by molar-refractivity contribution is 0.632. The number of fused-ring (bicyclic) bond motifs is 1. The van der Waals surface area contributed by atoms with Gasteiger partial charge in [0, 0.05) is 11.3 Å². The largest absolute Gasteiger partial charge is 0.337 e. The van der Waals surface area contributed by atoms with Crippen molar-refractivity contribution in [2.24, 2.45) is 0 Å². The number of aryl methyl sites for hydroxylation is 2. The summed E-state index contributed by atoms with van der Waals surface area (Å²) in [5.74, 6) is 1.09. The topological polar surface area (TPSA) is 37.8 Å². The van der Waals surface area contributed by atoms with Gasteiger partial charge in [-0.1, -0.05) is 42.5 Å².